The predicted octanol–water partition coefficient (Wildman–Crippen LogP) is 1.93. The predicted molar refractivity (Wildman–Crippen MR) is 100 cm³/mol. The lowest BCUT2D eigenvalue weighted by Crippen LogP contribution is -2.45. The number of fused-ring (bicyclic) bond motifs is 2. The molecule has 0 unspecified atom stereocenters. The Morgan fingerprint density at radius 3 is 3.19 bits per heavy atom. The molecule has 0 saturated carbocycles. The second kappa shape index (κ2) is 6.87. The summed E-state index contributed by atoms with van der Waals surface area (Å²) in [5.74, 6) is 0.0536. The van der Waals surface area contributed by atoms with Crippen molar-refractivity contribution in [3.05, 3.63) is 32.7 Å². The van der Waals surface area contributed by atoms with Gasteiger partial charge in [-0.25, -0.2) is 8.42 Å². The minimum absolute atomic E-state index is 0.0163. The summed E-state index contributed by atoms with van der Waals surface area (Å²) in [5.41, 5.74) is 1.79. The van der Waals surface area contributed by atoms with Crippen LogP contribution in [0.25, 0.3) is 0 Å². The van der Waals surface area contributed by atoms with E-state index in [9.17, 15) is 8.42 Å². The Morgan fingerprint density at radius 1 is 1.54 bits per heavy atom. The van der Waals surface area contributed by atoms with Crippen molar-refractivity contribution in [1.29, 1.82) is 0 Å². The summed E-state index contributed by atoms with van der Waals surface area (Å²) in [4.78, 5) is 1.24. The topological polar surface area (TPSA) is 86.1 Å². The lowest BCUT2D eigenvalue weighted by molar-refractivity contribution is -0.0871. The van der Waals surface area contributed by atoms with Crippen molar-refractivity contribution >= 4 is 32.8 Å². The van der Waals surface area contributed by atoms with E-state index in [4.69, 9.17) is 16.3 Å². The second-order valence-electron chi connectivity index (χ2n) is 6.99. The van der Waals surface area contributed by atoms with Crippen LogP contribution in [-0.4, -0.2) is 48.6 Å². The summed E-state index contributed by atoms with van der Waals surface area (Å²) in [5, 5.41) is 11.8. The molecule has 1 N–H and O–H groups in total. The van der Waals surface area contributed by atoms with Crippen LogP contribution in [0.15, 0.2) is 12.3 Å². The van der Waals surface area contributed by atoms with Crippen LogP contribution < -0.4 is 5.32 Å². The van der Waals surface area contributed by atoms with E-state index in [1.807, 2.05) is 6.20 Å². The minimum atomic E-state index is -3.03. The van der Waals surface area contributed by atoms with Crippen molar-refractivity contribution in [3.8, 4) is 0 Å². The van der Waals surface area contributed by atoms with E-state index < -0.39 is 9.84 Å². The number of halogens is 1. The van der Waals surface area contributed by atoms with Gasteiger partial charge >= 0.3 is 0 Å². The molecule has 2 aromatic rings. The summed E-state index contributed by atoms with van der Waals surface area (Å²) < 4.78 is 31.3. The van der Waals surface area contributed by atoms with Crippen molar-refractivity contribution < 1.29 is 13.2 Å². The molecule has 2 aliphatic rings. The Labute approximate surface area is 161 Å². The third kappa shape index (κ3) is 3.68. The zero-order chi connectivity index (χ0) is 18.4. The van der Waals surface area contributed by atoms with Gasteiger partial charge in [-0.05, 0) is 31.0 Å². The van der Waals surface area contributed by atoms with Crippen molar-refractivity contribution in [1.82, 2.24) is 20.3 Å². The van der Waals surface area contributed by atoms with Gasteiger partial charge in [-0.2, -0.15) is 0 Å². The summed E-state index contributed by atoms with van der Waals surface area (Å²) in [6.45, 7) is 1.83. The Morgan fingerprint density at radius 2 is 2.38 bits per heavy atom. The van der Waals surface area contributed by atoms with Crippen molar-refractivity contribution in [2.45, 2.75) is 37.5 Å². The van der Waals surface area contributed by atoms with E-state index in [1.54, 1.807) is 16.0 Å². The van der Waals surface area contributed by atoms with E-state index in [-0.39, 0.29) is 17.4 Å². The summed E-state index contributed by atoms with van der Waals surface area (Å²) >= 11 is 7.87. The molecule has 1 saturated heterocycles. The van der Waals surface area contributed by atoms with Crippen LogP contribution in [0.1, 0.15) is 35.0 Å². The van der Waals surface area contributed by atoms with E-state index in [0.717, 1.165) is 35.8 Å². The molecule has 0 bridgehead atoms. The third-order valence-electron chi connectivity index (χ3n) is 5.00. The number of piperidine rings is 1. The third-order valence-corrected chi connectivity index (χ3v) is 7.42. The largest absolute Gasteiger partial charge is 0.369 e. The molecule has 0 aliphatic carbocycles. The van der Waals surface area contributed by atoms with Crippen LogP contribution in [-0.2, 0) is 33.1 Å². The summed E-state index contributed by atoms with van der Waals surface area (Å²) in [7, 11) is -3.03. The fourth-order valence-electron chi connectivity index (χ4n) is 3.73. The number of nitrogens with zero attached hydrogens (tertiary/aromatic N) is 3. The maximum absolute atomic E-state index is 11.3. The van der Waals surface area contributed by atoms with Gasteiger partial charge in [0.05, 0.1) is 41.2 Å². The fourth-order valence-corrected chi connectivity index (χ4v) is 5.73. The van der Waals surface area contributed by atoms with Crippen LogP contribution in [0, 0.1) is 0 Å². The normalized spacial score (nSPS) is 26.2. The smallest absolute Gasteiger partial charge is 0.149 e. The van der Waals surface area contributed by atoms with Gasteiger partial charge in [0.25, 0.3) is 0 Å². The number of hydrogen-bond donors (Lipinski definition) is 1. The van der Waals surface area contributed by atoms with Gasteiger partial charge in [-0.15, -0.1) is 16.4 Å². The molecule has 4 rings (SSSR count). The average Bonchev–Trinajstić information content (AvgIpc) is 3.19. The molecule has 2 aliphatic heterocycles. The molecule has 2 aromatic heterocycles. The molecule has 2 atom stereocenters. The number of aromatic nitrogens is 3. The lowest BCUT2D eigenvalue weighted by atomic mass is 9.82. The van der Waals surface area contributed by atoms with E-state index in [0.29, 0.717) is 13.2 Å². The molecular formula is C16H21ClN4O3S2. The molecule has 26 heavy (non-hydrogen) atoms. The number of nitrogens with one attached hydrogen (secondary N) is 1. The average molecular weight is 417 g/mol. The first-order chi connectivity index (χ1) is 12.3. The van der Waals surface area contributed by atoms with Gasteiger partial charge in [-0.1, -0.05) is 16.8 Å². The molecule has 0 amide bonds. The van der Waals surface area contributed by atoms with Gasteiger partial charge in [0, 0.05) is 17.6 Å². The van der Waals surface area contributed by atoms with E-state index >= 15 is 0 Å². The van der Waals surface area contributed by atoms with Gasteiger partial charge < -0.3 is 10.1 Å². The van der Waals surface area contributed by atoms with Crippen LogP contribution >= 0.6 is 22.9 Å². The number of sulfone groups is 1. The SMILES string of the molecule is CS(=O)(=O)CCn1cc([C@@H]2C[C@]3(CCN2)OCCc2cc(Cl)sc23)nn1. The van der Waals surface area contributed by atoms with Crippen LogP contribution in [0.4, 0.5) is 0 Å². The Hall–Kier alpha value is -1.00. The zero-order valence-electron chi connectivity index (χ0n) is 14.4. The van der Waals surface area contributed by atoms with Crippen LogP contribution in [0.2, 0.25) is 4.34 Å². The summed E-state index contributed by atoms with van der Waals surface area (Å²) in [6.07, 6.45) is 5.62. The number of ether oxygens (including phenoxy) is 1. The molecule has 1 fully saturated rings. The Balaban J connectivity index is 1.54. The first-order valence-electron chi connectivity index (χ1n) is 8.58. The highest BCUT2D eigenvalue weighted by atomic mass is 35.5. The minimum Gasteiger partial charge on any atom is -0.369 e. The monoisotopic (exact) mass is 416 g/mol. The number of rotatable bonds is 4. The molecule has 7 nitrogen and oxygen atoms in total. The van der Waals surface area contributed by atoms with Gasteiger partial charge in [-0.3, -0.25) is 4.68 Å². The molecule has 142 valence electrons. The number of thiophene rings is 1. The standard InChI is InChI=1S/C16H21ClN4O3S2/c1-26(22,23)7-5-21-10-13(19-20-21)12-9-16(3-4-18-12)15-11(2-6-24-16)8-14(17)25-15/h8,10,12,18H,2-7,9H2,1H3/t12-,16-/m0/s1. The Bertz CT molecular complexity index is 910. The highest BCUT2D eigenvalue weighted by Gasteiger charge is 2.44. The van der Waals surface area contributed by atoms with Gasteiger partial charge in [0.1, 0.15) is 15.4 Å². The Kier molecular flexibility index (Phi) is 4.85. The van der Waals surface area contributed by atoms with Crippen LogP contribution in [0.3, 0.4) is 0 Å². The number of hydrogen-bond acceptors (Lipinski definition) is 7. The maximum Gasteiger partial charge on any atom is 0.149 e. The second-order valence-corrected chi connectivity index (χ2v) is 10.9. The molecular weight excluding hydrogens is 396 g/mol. The van der Waals surface area contributed by atoms with Crippen LogP contribution in [0.5, 0.6) is 0 Å². The number of aryl methyl sites for hydroxylation is 1. The molecule has 0 aromatic carbocycles. The first kappa shape index (κ1) is 18.4. The quantitative estimate of drug-likeness (QED) is 0.819. The lowest BCUT2D eigenvalue weighted by Gasteiger charge is -2.43. The highest BCUT2D eigenvalue weighted by molar-refractivity contribution is 7.90. The maximum atomic E-state index is 11.3. The zero-order valence-corrected chi connectivity index (χ0v) is 16.8. The fraction of sp³-hybridized carbons (Fsp3) is 0.625. The summed E-state index contributed by atoms with van der Waals surface area (Å²) in [6, 6.07) is 2.08. The van der Waals surface area contributed by atoms with E-state index in [1.165, 1.54) is 16.7 Å². The van der Waals surface area contributed by atoms with Crippen molar-refractivity contribution in [2.75, 3.05) is 25.2 Å². The molecule has 10 heteroatoms. The van der Waals surface area contributed by atoms with Gasteiger partial charge in [0.2, 0.25) is 0 Å². The first-order valence-corrected chi connectivity index (χ1v) is 11.8. The van der Waals surface area contributed by atoms with E-state index in [2.05, 4.69) is 21.7 Å². The highest BCUT2D eigenvalue weighted by Crippen LogP contribution is 2.48. The van der Waals surface area contributed by atoms with Crippen molar-refractivity contribution in [3.63, 3.8) is 0 Å². The molecule has 1 spiro atoms. The van der Waals surface area contributed by atoms with Gasteiger partial charge in [0.15, 0.2) is 0 Å². The van der Waals surface area contributed by atoms with Crippen molar-refractivity contribution in [2.24, 2.45) is 0 Å². The molecule has 0 radical (unpaired) electrons. The molecule has 4 heterocycles.